The Morgan fingerprint density at radius 1 is 1.24 bits per heavy atom. The predicted octanol–water partition coefficient (Wildman–Crippen LogP) is 3.45. The first-order valence-corrected chi connectivity index (χ1v) is 7.60. The van der Waals surface area contributed by atoms with Crippen LogP contribution in [0.25, 0.3) is 11.0 Å². The molecule has 0 saturated heterocycles. The van der Waals surface area contributed by atoms with Crippen LogP contribution in [0.4, 0.5) is 4.39 Å². The van der Waals surface area contributed by atoms with Gasteiger partial charge in [-0.3, -0.25) is 4.79 Å². The SMILES string of the molecule is Cc1c(CC(=O)O)c(=O)oc2cc(OCc3ccccc3F)ccc12. The van der Waals surface area contributed by atoms with Crippen molar-refractivity contribution in [3.05, 3.63) is 75.4 Å². The molecule has 1 heterocycles. The van der Waals surface area contributed by atoms with Crippen LogP contribution in [0.15, 0.2) is 51.7 Å². The number of benzene rings is 2. The van der Waals surface area contributed by atoms with Crippen molar-refractivity contribution < 1.29 is 23.4 Å². The molecule has 0 aliphatic rings. The van der Waals surface area contributed by atoms with Crippen molar-refractivity contribution in [2.24, 2.45) is 0 Å². The largest absolute Gasteiger partial charge is 0.489 e. The van der Waals surface area contributed by atoms with Crippen molar-refractivity contribution >= 4 is 16.9 Å². The first kappa shape index (κ1) is 16.7. The van der Waals surface area contributed by atoms with E-state index in [0.29, 0.717) is 27.8 Å². The summed E-state index contributed by atoms with van der Waals surface area (Å²) in [7, 11) is 0. The van der Waals surface area contributed by atoms with Gasteiger partial charge in [0.2, 0.25) is 0 Å². The van der Waals surface area contributed by atoms with Crippen LogP contribution >= 0.6 is 0 Å². The fraction of sp³-hybridized carbons (Fsp3) is 0.158. The van der Waals surface area contributed by atoms with Crippen molar-refractivity contribution in [2.45, 2.75) is 20.0 Å². The molecule has 0 unspecified atom stereocenters. The van der Waals surface area contributed by atoms with E-state index in [1.165, 1.54) is 12.1 Å². The van der Waals surface area contributed by atoms with Crippen LogP contribution in [0.1, 0.15) is 16.7 Å². The third-order valence-electron chi connectivity index (χ3n) is 3.94. The summed E-state index contributed by atoms with van der Waals surface area (Å²) >= 11 is 0. The Hall–Kier alpha value is -3.15. The number of halogens is 1. The summed E-state index contributed by atoms with van der Waals surface area (Å²) in [6.07, 6.45) is -0.393. The normalized spacial score (nSPS) is 10.8. The number of rotatable bonds is 5. The number of aryl methyl sites for hydroxylation is 1. The van der Waals surface area contributed by atoms with Gasteiger partial charge in [-0.05, 0) is 30.7 Å². The van der Waals surface area contributed by atoms with Gasteiger partial charge in [0.05, 0.1) is 12.0 Å². The number of carbonyl (C=O) groups is 1. The maximum Gasteiger partial charge on any atom is 0.340 e. The quantitative estimate of drug-likeness (QED) is 0.719. The maximum atomic E-state index is 13.6. The Kier molecular flexibility index (Phi) is 4.52. The Morgan fingerprint density at radius 2 is 2.00 bits per heavy atom. The van der Waals surface area contributed by atoms with E-state index in [0.717, 1.165) is 0 Å². The van der Waals surface area contributed by atoms with Gasteiger partial charge in [-0.15, -0.1) is 0 Å². The number of hydrogen-bond acceptors (Lipinski definition) is 4. The lowest BCUT2D eigenvalue weighted by Crippen LogP contribution is -2.14. The van der Waals surface area contributed by atoms with Gasteiger partial charge in [0, 0.05) is 17.0 Å². The van der Waals surface area contributed by atoms with Crippen molar-refractivity contribution in [1.29, 1.82) is 0 Å². The Labute approximate surface area is 142 Å². The highest BCUT2D eigenvalue weighted by Crippen LogP contribution is 2.25. The molecular weight excluding hydrogens is 327 g/mol. The average molecular weight is 342 g/mol. The van der Waals surface area contributed by atoms with Crippen LogP contribution in [-0.4, -0.2) is 11.1 Å². The molecule has 1 N–H and O–H groups in total. The van der Waals surface area contributed by atoms with E-state index in [-0.39, 0.29) is 18.0 Å². The predicted molar refractivity (Wildman–Crippen MR) is 89.3 cm³/mol. The van der Waals surface area contributed by atoms with Gasteiger partial charge in [0.1, 0.15) is 23.8 Å². The van der Waals surface area contributed by atoms with E-state index in [1.54, 1.807) is 37.3 Å². The Morgan fingerprint density at radius 3 is 2.72 bits per heavy atom. The lowest BCUT2D eigenvalue weighted by atomic mass is 10.0. The Balaban J connectivity index is 1.91. The smallest absolute Gasteiger partial charge is 0.340 e. The molecule has 0 aliphatic heterocycles. The summed E-state index contributed by atoms with van der Waals surface area (Å²) in [6.45, 7) is 1.72. The summed E-state index contributed by atoms with van der Waals surface area (Å²) in [5.74, 6) is -1.03. The van der Waals surface area contributed by atoms with Gasteiger partial charge in [-0.25, -0.2) is 9.18 Å². The number of hydrogen-bond donors (Lipinski definition) is 1. The molecule has 25 heavy (non-hydrogen) atoms. The minimum atomic E-state index is -1.10. The van der Waals surface area contributed by atoms with E-state index in [1.807, 2.05) is 0 Å². The Bertz CT molecular complexity index is 1010. The lowest BCUT2D eigenvalue weighted by Gasteiger charge is -2.10. The third-order valence-corrected chi connectivity index (χ3v) is 3.94. The number of fused-ring (bicyclic) bond motifs is 1. The summed E-state index contributed by atoms with van der Waals surface area (Å²) in [6, 6.07) is 11.2. The fourth-order valence-electron chi connectivity index (χ4n) is 2.60. The minimum Gasteiger partial charge on any atom is -0.489 e. The van der Waals surface area contributed by atoms with Gasteiger partial charge in [-0.1, -0.05) is 18.2 Å². The second-order valence-corrected chi connectivity index (χ2v) is 5.60. The molecule has 3 aromatic rings. The van der Waals surface area contributed by atoms with Crippen LogP contribution in [0.3, 0.4) is 0 Å². The van der Waals surface area contributed by atoms with Crippen molar-refractivity contribution in [3.8, 4) is 5.75 Å². The second-order valence-electron chi connectivity index (χ2n) is 5.60. The van der Waals surface area contributed by atoms with E-state index < -0.39 is 18.0 Å². The molecule has 0 spiro atoms. The summed E-state index contributed by atoms with van der Waals surface area (Å²) in [5.41, 5.74) is 0.715. The van der Waals surface area contributed by atoms with E-state index >= 15 is 0 Å². The fourth-order valence-corrected chi connectivity index (χ4v) is 2.60. The highest BCUT2D eigenvalue weighted by Gasteiger charge is 2.15. The van der Waals surface area contributed by atoms with Gasteiger partial charge in [0.15, 0.2) is 0 Å². The molecule has 0 aliphatic carbocycles. The van der Waals surface area contributed by atoms with Gasteiger partial charge in [0.25, 0.3) is 0 Å². The molecule has 128 valence electrons. The molecule has 6 heteroatoms. The molecular formula is C19H15FO5. The van der Waals surface area contributed by atoms with E-state index in [9.17, 15) is 14.0 Å². The van der Waals surface area contributed by atoms with E-state index in [2.05, 4.69) is 0 Å². The average Bonchev–Trinajstić information content (AvgIpc) is 2.57. The van der Waals surface area contributed by atoms with Gasteiger partial charge in [-0.2, -0.15) is 0 Å². The number of carboxylic acid groups (broad SMARTS) is 1. The molecule has 0 radical (unpaired) electrons. The molecule has 0 atom stereocenters. The maximum absolute atomic E-state index is 13.6. The molecule has 0 amide bonds. The lowest BCUT2D eigenvalue weighted by molar-refractivity contribution is -0.136. The van der Waals surface area contributed by atoms with Crippen LogP contribution in [0.2, 0.25) is 0 Å². The molecule has 3 rings (SSSR count). The minimum absolute atomic E-state index is 0.0402. The standard InChI is InChI=1S/C19H15FO5/c1-11-14-7-6-13(24-10-12-4-2-3-5-16(12)20)8-17(14)25-19(23)15(11)9-18(21)22/h2-8H,9-10H2,1H3,(H,21,22). The second kappa shape index (κ2) is 6.76. The molecule has 0 saturated carbocycles. The van der Waals surface area contributed by atoms with Gasteiger partial charge >= 0.3 is 11.6 Å². The van der Waals surface area contributed by atoms with Crippen molar-refractivity contribution in [1.82, 2.24) is 0 Å². The summed E-state index contributed by atoms with van der Waals surface area (Å²) in [5, 5.41) is 9.53. The molecule has 1 aromatic heterocycles. The number of aliphatic carboxylic acids is 1. The zero-order chi connectivity index (χ0) is 18.0. The van der Waals surface area contributed by atoms with Crippen molar-refractivity contribution in [2.75, 3.05) is 0 Å². The van der Waals surface area contributed by atoms with Gasteiger partial charge < -0.3 is 14.3 Å². The third kappa shape index (κ3) is 3.52. The number of ether oxygens (including phenoxy) is 1. The summed E-state index contributed by atoms with van der Waals surface area (Å²) < 4.78 is 24.4. The van der Waals surface area contributed by atoms with Crippen molar-refractivity contribution in [3.63, 3.8) is 0 Å². The highest BCUT2D eigenvalue weighted by atomic mass is 19.1. The molecule has 0 bridgehead atoms. The molecule has 5 nitrogen and oxygen atoms in total. The topological polar surface area (TPSA) is 76.7 Å². The number of carboxylic acids is 1. The summed E-state index contributed by atoms with van der Waals surface area (Å²) in [4.78, 5) is 22.9. The van der Waals surface area contributed by atoms with Crippen LogP contribution < -0.4 is 10.4 Å². The first-order valence-electron chi connectivity index (χ1n) is 7.60. The highest BCUT2D eigenvalue weighted by molar-refractivity contribution is 5.83. The van der Waals surface area contributed by atoms with E-state index in [4.69, 9.17) is 14.3 Å². The zero-order valence-electron chi connectivity index (χ0n) is 13.4. The molecule has 2 aromatic carbocycles. The van der Waals surface area contributed by atoms with Crippen LogP contribution in [0, 0.1) is 12.7 Å². The van der Waals surface area contributed by atoms with Crippen LogP contribution in [-0.2, 0) is 17.8 Å². The molecule has 0 fully saturated rings. The van der Waals surface area contributed by atoms with Crippen LogP contribution in [0.5, 0.6) is 5.75 Å². The first-order chi connectivity index (χ1) is 12.0. The monoisotopic (exact) mass is 342 g/mol. The zero-order valence-corrected chi connectivity index (χ0v) is 13.4.